The fraction of sp³-hybridized carbons (Fsp3) is 1.00. The van der Waals surface area contributed by atoms with Crippen molar-refractivity contribution < 1.29 is 4.92 Å². The molecule has 0 N–H and O–H groups in total. The molecule has 0 radical (unpaired) electrons. The third-order valence-corrected chi connectivity index (χ3v) is 4.00. The highest BCUT2D eigenvalue weighted by Crippen LogP contribution is 2.31. The van der Waals surface area contributed by atoms with Crippen molar-refractivity contribution >= 4 is 0 Å². The minimum absolute atomic E-state index is 0.0866. The minimum Gasteiger partial charge on any atom is -0.300 e. The standard InChI is InChI=1S/C11H20N2O2/c1-9-8-10(13(14)15)4-5-11(9)12-6-2-3-7-12/h9-11H,2-8H2,1H3. The van der Waals surface area contributed by atoms with E-state index in [-0.39, 0.29) is 11.0 Å². The Hall–Kier alpha value is -0.640. The SMILES string of the molecule is CC1CC([N+](=O)[O-])CCC1N1CCCC1. The number of nitro groups is 1. The predicted octanol–water partition coefficient (Wildman–Crippen LogP) is 1.92. The van der Waals surface area contributed by atoms with Crippen molar-refractivity contribution in [3.63, 3.8) is 0 Å². The summed E-state index contributed by atoms with van der Waals surface area (Å²) in [5.74, 6) is 0.493. The second-order valence-electron chi connectivity index (χ2n) is 5.04. The summed E-state index contributed by atoms with van der Waals surface area (Å²) >= 11 is 0. The van der Waals surface area contributed by atoms with Gasteiger partial charge >= 0.3 is 0 Å². The van der Waals surface area contributed by atoms with Crippen LogP contribution in [0.1, 0.15) is 39.0 Å². The van der Waals surface area contributed by atoms with Crippen LogP contribution in [0, 0.1) is 16.0 Å². The predicted molar refractivity (Wildman–Crippen MR) is 58.4 cm³/mol. The smallest absolute Gasteiger partial charge is 0.213 e. The molecule has 0 bridgehead atoms. The van der Waals surface area contributed by atoms with Crippen molar-refractivity contribution in [3.8, 4) is 0 Å². The lowest BCUT2D eigenvalue weighted by molar-refractivity contribution is -0.528. The van der Waals surface area contributed by atoms with Crippen LogP contribution in [0.25, 0.3) is 0 Å². The third kappa shape index (κ3) is 2.30. The van der Waals surface area contributed by atoms with Crippen LogP contribution in [-0.4, -0.2) is 35.0 Å². The molecule has 1 heterocycles. The number of hydrogen-bond donors (Lipinski definition) is 0. The molecule has 3 atom stereocenters. The van der Waals surface area contributed by atoms with Crippen LogP contribution in [0.15, 0.2) is 0 Å². The average molecular weight is 212 g/mol. The zero-order valence-electron chi connectivity index (χ0n) is 9.39. The van der Waals surface area contributed by atoms with E-state index in [0.29, 0.717) is 12.0 Å². The number of rotatable bonds is 2. The summed E-state index contributed by atoms with van der Waals surface area (Å²) in [7, 11) is 0. The largest absolute Gasteiger partial charge is 0.300 e. The molecule has 0 aromatic heterocycles. The van der Waals surface area contributed by atoms with Gasteiger partial charge in [0.1, 0.15) is 0 Å². The van der Waals surface area contributed by atoms with Gasteiger partial charge < -0.3 is 4.90 Å². The van der Waals surface area contributed by atoms with Gasteiger partial charge in [-0.1, -0.05) is 6.92 Å². The van der Waals surface area contributed by atoms with Gasteiger partial charge in [-0.05, 0) is 38.3 Å². The molecule has 1 saturated heterocycles. The molecule has 4 nitrogen and oxygen atoms in total. The maximum absolute atomic E-state index is 10.7. The molecular formula is C11H20N2O2. The summed E-state index contributed by atoms with van der Waals surface area (Å²) < 4.78 is 0. The zero-order valence-corrected chi connectivity index (χ0v) is 9.39. The molecule has 0 aromatic carbocycles. The first-order valence-electron chi connectivity index (χ1n) is 6.06. The Morgan fingerprint density at radius 3 is 2.47 bits per heavy atom. The summed E-state index contributed by atoms with van der Waals surface area (Å²) in [4.78, 5) is 13.2. The summed E-state index contributed by atoms with van der Waals surface area (Å²) in [5, 5.41) is 10.7. The quantitative estimate of drug-likeness (QED) is 0.519. The molecule has 0 aromatic rings. The summed E-state index contributed by atoms with van der Waals surface area (Å²) in [5.41, 5.74) is 0. The first-order valence-corrected chi connectivity index (χ1v) is 6.06. The topological polar surface area (TPSA) is 46.4 Å². The van der Waals surface area contributed by atoms with Crippen LogP contribution in [0.2, 0.25) is 0 Å². The Balaban J connectivity index is 1.91. The van der Waals surface area contributed by atoms with Gasteiger partial charge in [-0.2, -0.15) is 0 Å². The van der Waals surface area contributed by atoms with Gasteiger partial charge in [0.05, 0.1) is 0 Å². The molecule has 2 rings (SSSR count). The highest BCUT2D eigenvalue weighted by molar-refractivity contribution is 4.86. The molecule has 2 fully saturated rings. The summed E-state index contributed by atoms with van der Waals surface area (Å²) in [6.07, 6.45) is 5.18. The lowest BCUT2D eigenvalue weighted by Gasteiger charge is -2.36. The normalized spacial score (nSPS) is 38.1. The Morgan fingerprint density at radius 1 is 1.27 bits per heavy atom. The van der Waals surface area contributed by atoms with Gasteiger partial charge in [-0.3, -0.25) is 10.1 Å². The van der Waals surface area contributed by atoms with Gasteiger partial charge in [0.2, 0.25) is 6.04 Å². The van der Waals surface area contributed by atoms with Crippen molar-refractivity contribution in [3.05, 3.63) is 10.1 Å². The van der Waals surface area contributed by atoms with E-state index in [4.69, 9.17) is 0 Å². The monoisotopic (exact) mass is 212 g/mol. The lowest BCUT2D eigenvalue weighted by atomic mass is 9.82. The van der Waals surface area contributed by atoms with Crippen LogP contribution in [-0.2, 0) is 0 Å². The van der Waals surface area contributed by atoms with Crippen LogP contribution in [0.4, 0.5) is 0 Å². The van der Waals surface area contributed by atoms with E-state index in [2.05, 4.69) is 11.8 Å². The van der Waals surface area contributed by atoms with Gasteiger partial charge in [0, 0.05) is 23.8 Å². The Kier molecular flexibility index (Phi) is 3.24. The second-order valence-corrected chi connectivity index (χ2v) is 5.04. The van der Waals surface area contributed by atoms with Crippen molar-refractivity contribution in [2.75, 3.05) is 13.1 Å². The minimum atomic E-state index is -0.279. The molecule has 0 amide bonds. The molecule has 86 valence electrons. The van der Waals surface area contributed by atoms with Gasteiger partial charge in [0.15, 0.2) is 0 Å². The molecule has 0 spiro atoms. The lowest BCUT2D eigenvalue weighted by Crippen LogP contribution is -2.44. The van der Waals surface area contributed by atoms with Gasteiger partial charge in [0.25, 0.3) is 0 Å². The molecule has 15 heavy (non-hydrogen) atoms. The number of hydrogen-bond acceptors (Lipinski definition) is 3. The van der Waals surface area contributed by atoms with Crippen LogP contribution >= 0.6 is 0 Å². The average Bonchev–Trinajstić information content (AvgIpc) is 2.70. The Morgan fingerprint density at radius 2 is 1.93 bits per heavy atom. The maximum atomic E-state index is 10.7. The van der Waals surface area contributed by atoms with Crippen molar-refractivity contribution in [1.29, 1.82) is 0 Å². The van der Waals surface area contributed by atoms with E-state index < -0.39 is 0 Å². The van der Waals surface area contributed by atoms with E-state index in [1.807, 2.05) is 0 Å². The second kappa shape index (κ2) is 4.47. The number of likely N-dealkylation sites (tertiary alicyclic amines) is 1. The fourth-order valence-corrected chi connectivity index (χ4v) is 3.16. The van der Waals surface area contributed by atoms with Crippen molar-refractivity contribution in [2.24, 2.45) is 5.92 Å². The van der Waals surface area contributed by atoms with Gasteiger partial charge in [-0.15, -0.1) is 0 Å². The summed E-state index contributed by atoms with van der Waals surface area (Å²) in [6.45, 7) is 4.59. The Bertz CT molecular complexity index is 239. The van der Waals surface area contributed by atoms with E-state index in [9.17, 15) is 10.1 Å². The third-order valence-electron chi connectivity index (χ3n) is 4.00. The zero-order chi connectivity index (χ0) is 10.8. The molecule has 1 aliphatic heterocycles. The Labute approximate surface area is 90.8 Å². The van der Waals surface area contributed by atoms with Crippen molar-refractivity contribution in [2.45, 2.75) is 51.1 Å². The van der Waals surface area contributed by atoms with E-state index in [0.717, 1.165) is 19.3 Å². The molecule has 2 aliphatic rings. The van der Waals surface area contributed by atoms with E-state index >= 15 is 0 Å². The van der Waals surface area contributed by atoms with Crippen LogP contribution in [0.3, 0.4) is 0 Å². The van der Waals surface area contributed by atoms with Crippen molar-refractivity contribution in [1.82, 2.24) is 4.90 Å². The molecular weight excluding hydrogens is 192 g/mol. The first kappa shape index (κ1) is 10.9. The molecule has 1 aliphatic carbocycles. The van der Waals surface area contributed by atoms with Gasteiger partial charge in [-0.25, -0.2) is 0 Å². The van der Waals surface area contributed by atoms with E-state index in [1.54, 1.807) is 0 Å². The first-order chi connectivity index (χ1) is 7.18. The number of nitrogens with zero attached hydrogens (tertiary/aromatic N) is 2. The molecule has 4 heteroatoms. The fourth-order valence-electron chi connectivity index (χ4n) is 3.16. The highest BCUT2D eigenvalue weighted by atomic mass is 16.6. The maximum Gasteiger partial charge on any atom is 0.213 e. The van der Waals surface area contributed by atoms with Crippen LogP contribution in [0.5, 0.6) is 0 Å². The molecule has 3 unspecified atom stereocenters. The molecule has 1 saturated carbocycles. The highest BCUT2D eigenvalue weighted by Gasteiger charge is 2.36. The summed E-state index contributed by atoms with van der Waals surface area (Å²) in [6, 6.07) is 0.336. The van der Waals surface area contributed by atoms with E-state index in [1.165, 1.54) is 25.9 Å². The van der Waals surface area contributed by atoms with Crippen LogP contribution < -0.4 is 0 Å².